The van der Waals surface area contributed by atoms with E-state index >= 15 is 0 Å². The summed E-state index contributed by atoms with van der Waals surface area (Å²) in [5.41, 5.74) is 1.45. The van der Waals surface area contributed by atoms with Gasteiger partial charge in [0.2, 0.25) is 0 Å². The monoisotopic (exact) mass is 319 g/mol. The van der Waals surface area contributed by atoms with Gasteiger partial charge in [0, 0.05) is 0 Å². The molecule has 0 amide bonds. The van der Waals surface area contributed by atoms with Crippen molar-refractivity contribution in [3.05, 3.63) is 93.2 Å². The van der Waals surface area contributed by atoms with Crippen LogP contribution in [0.1, 0.15) is 17.2 Å². The van der Waals surface area contributed by atoms with Gasteiger partial charge in [-0.3, -0.25) is 9.78 Å². The van der Waals surface area contributed by atoms with E-state index in [1.165, 1.54) is 6.33 Å². The molecule has 7 heteroatoms. The molecule has 0 aliphatic heterocycles. The lowest BCUT2D eigenvalue weighted by atomic mass is 9.98. The summed E-state index contributed by atoms with van der Waals surface area (Å²) in [5.74, 6) is 0. The van der Waals surface area contributed by atoms with E-state index in [0.29, 0.717) is 10.9 Å². The standard InChI is InChI=1S/C17H13N5O2/c23-16-13-8-12(6-7-14(13)20-17(24)21-16)15(22-10-18-9-19-22)11-4-2-1-3-5-11/h1-10,15H,(H2,20,21,23,24). The first-order valence-electron chi connectivity index (χ1n) is 7.38. The number of nitrogens with one attached hydrogen (secondary N) is 2. The maximum Gasteiger partial charge on any atom is 0.326 e. The van der Waals surface area contributed by atoms with Gasteiger partial charge in [-0.2, -0.15) is 5.10 Å². The van der Waals surface area contributed by atoms with Gasteiger partial charge >= 0.3 is 5.69 Å². The number of aromatic amines is 2. The number of aromatic nitrogens is 5. The van der Waals surface area contributed by atoms with Crippen molar-refractivity contribution in [3.63, 3.8) is 0 Å². The summed E-state index contributed by atoms with van der Waals surface area (Å²) in [7, 11) is 0. The Labute approximate surface area is 135 Å². The predicted molar refractivity (Wildman–Crippen MR) is 88.9 cm³/mol. The molecule has 7 nitrogen and oxygen atoms in total. The van der Waals surface area contributed by atoms with Gasteiger partial charge in [-0.1, -0.05) is 36.4 Å². The summed E-state index contributed by atoms with van der Waals surface area (Å²) in [6.07, 6.45) is 3.11. The Morgan fingerprint density at radius 1 is 0.958 bits per heavy atom. The van der Waals surface area contributed by atoms with Crippen LogP contribution in [0.25, 0.3) is 10.9 Å². The van der Waals surface area contributed by atoms with Crippen LogP contribution in [-0.2, 0) is 0 Å². The minimum Gasteiger partial charge on any atom is -0.307 e. The molecule has 4 aromatic rings. The van der Waals surface area contributed by atoms with Crippen molar-refractivity contribution in [3.8, 4) is 0 Å². The molecular weight excluding hydrogens is 306 g/mol. The fourth-order valence-electron chi connectivity index (χ4n) is 2.84. The second-order valence-electron chi connectivity index (χ2n) is 5.40. The van der Waals surface area contributed by atoms with Crippen molar-refractivity contribution in [1.82, 2.24) is 24.7 Å². The zero-order valence-electron chi connectivity index (χ0n) is 12.5. The molecule has 1 unspecified atom stereocenters. The topological polar surface area (TPSA) is 96.4 Å². The molecule has 1 atom stereocenters. The van der Waals surface area contributed by atoms with Crippen LogP contribution < -0.4 is 11.2 Å². The normalized spacial score (nSPS) is 12.3. The molecule has 0 spiro atoms. The molecular formula is C17H13N5O2. The Hall–Kier alpha value is -3.48. The first kappa shape index (κ1) is 14.1. The van der Waals surface area contributed by atoms with Gasteiger partial charge in [-0.05, 0) is 23.3 Å². The summed E-state index contributed by atoms with van der Waals surface area (Å²) in [6.45, 7) is 0. The number of nitrogens with zero attached hydrogens (tertiary/aromatic N) is 3. The van der Waals surface area contributed by atoms with Crippen molar-refractivity contribution in [1.29, 1.82) is 0 Å². The van der Waals surface area contributed by atoms with Gasteiger partial charge in [-0.25, -0.2) is 14.5 Å². The van der Waals surface area contributed by atoms with E-state index in [4.69, 9.17) is 0 Å². The zero-order valence-corrected chi connectivity index (χ0v) is 12.5. The quantitative estimate of drug-likeness (QED) is 0.597. The van der Waals surface area contributed by atoms with Crippen LogP contribution >= 0.6 is 0 Å². The van der Waals surface area contributed by atoms with Crippen molar-refractivity contribution in [2.75, 3.05) is 0 Å². The summed E-state index contributed by atoms with van der Waals surface area (Å²) in [6, 6.07) is 15.0. The van der Waals surface area contributed by atoms with Crippen LogP contribution in [0, 0.1) is 0 Å². The Kier molecular flexibility index (Phi) is 3.31. The first-order chi connectivity index (χ1) is 11.7. The minimum absolute atomic E-state index is 0.218. The van der Waals surface area contributed by atoms with Crippen molar-refractivity contribution in [2.45, 2.75) is 6.04 Å². The van der Waals surface area contributed by atoms with Crippen LogP contribution in [0.5, 0.6) is 0 Å². The van der Waals surface area contributed by atoms with Crippen molar-refractivity contribution in [2.24, 2.45) is 0 Å². The van der Waals surface area contributed by atoms with E-state index in [1.807, 2.05) is 36.4 Å². The smallest absolute Gasteiger partial charge is 0.307 e. The van der Waals surface area contributed by atoms with Gasteiger partial charge in [0.1, 0.15) is 18.7 Å². The van der Waals surface area contributed by atoms with E-state index in [9.17, 15) is 9.59 Å². The number of rotatable bonds is 3. The molecule has 0 aliphatic carbocycles. The molecule has 2 aromatic carbocycles. The summed E-state index contributed by atoms with van der Waals surface area (Å²) < 4.78 is 1.73. The van der Waals surface area contributed by atoms with Gasteiger partial charge in [-0.15, -0.1) is 0 Å². The molecule has 0 aliphatic rings. The number of H-pyrrole nitrogens is 2. The molecule has 0 radical (unpaired) electrons. The number of hydrogen-bond donors (Lipinski definition) is 2. The Morgan fingerprint density at radius 2 is 1.79 bits per heavy atom. The number of benzene rings is 2. The lowest BCUT2D eigenvalue weighted by Gasteiger charge is -2.18. The summed E-state index contributed by atoms with van der Waals surface area (Å²) in [4.78, 5) is 32.4. The lowest BCUT2D eigenvalue weighted by Crippen LogP contribution is -2.22. The highest BCUT2D eigenvalue weighted by Gasteiger charge is 2.18. The predicted octanol–water partition coefficient (Wildman–Crippen LogP) is 1.45. The first-order valence-corrected chi connectivity index (χ1v) is 7.38. The minimum atomic E-state index is -0.517. The van der Waals surface area contributed by atoms with Crippen LogP contribution in [0.2, 0.25) is 0 Å². The van der Waals surface area contributed by atoms with Crippen LogP contribution in [0.3, 0.4) is 0 Å². The average molecular weight is 319 g/mol. The molecule has 0 bridgehead atoms. The molecule has 4 rings (SSSR count). The second kappa shape index (κ2) is 5.62. The summed E-state index contributed by atoms with van der Waals surface area (Å²) in [5, 5.41) is 4.67. The van der Waals surface area contributed by atoms with Gasteiger partial charge < -0.3 is 4.98 Å². The highest BCUT2D eigenvalue weighted by molar-refractivity contribution is 5.78. The average Bonchev–Trinajstić information content (AvgIpc) is 3.10. The maximum atomic E-state index is 12.1. The molecule has 0 fully saturated rings. The van der Waals surface area contributed by atoms with E-state index in [2.05, 4.69) is 20.1 Å². The van der Waals surface area contributed by atoms with Gasteiger partial charge in [0.25, 0.3) is 5.56 Å². The Morgan fingerprint density at radius 3 is 2.54 bits per heavy atom. The van der Waals surface area contributed by atoms with Crippen LogP contribution in [0.4, 0.5) is 0 Å². The fourth-order valence-corrected chi connectivity index (χ4v) is 2.84. The van der Waals surface area contributed by atoms with E-state index < -0.39 is 11.2 Å². The second-order valence-corrected chi connectivity index (χ2v) is 5.40. The number of fused-ring (bicyclic) bond motifs is 1. The molecule has 2 N–H and O–H groups in total. The lowest BCUT2D eigenvalue weighted by molar-refractivity contribution is 0.594. The Balaban J connectivity index is 1.95. The maximum absolute atomic E-state index is 12.1. The van der Waals surface area contributed by atoms with Crippen LogP contribution in [-0.4, -0.2) is 24.7 Å². The molecule has 118 valence electrons. The highest BCUT2D eigenvalue weighted by Crippen LogP contribution is 2.26. The molecule has 24 heavy (non-hydrogen) atoms. The molecule has 2 heterocycles. The third-order valence-electron chi connectivity index (χ3n) is 3.90. The largest absolute Gasteiger partial charge is 0.326 e. The third kappa shape index (κ3) is 2.41. The molecule has 0 saturated heterocycles. The highest BCUT2D eigenvalue weighted by atomic mass is 16.2. The van der Waals surface area contributed by atoms with Crippen molar-refractivity contribution < 1.29 is 0 Å². The third-order valence-corrected chi connectivity index (χ3v) is 3.90. The van der Waals surface area contributed by atoms with E-state index in [1.54, 1.807) is 23.1 Å². The fraction of sp³-hybridized carbons (Fsp3) is 0.0588. The molecule has 2 aromatic heterocycles. The van der Waals surface area contributed by atoms with Crippen molar-refractivity contribution >= 4 is 10.9 Å². The Bertz CT molecular complexity index is 1100. The SMILES string of the molecule is O=c1[nH]c(=O)c2cc(C(c3ccccc3)n3cncn3)ccc2[nH]1. The van der Waals surface area contributed by atoms with Gasteiger partial charge in [0.05, 0.1) is 10.9 Å². The van der Waals surface area contributed by atoms with E-state index in [0.717, 1.165) is 11.1 Å². The van der Waals surface area contributed by atoms with E-state index in [-0.39, 0.29) is 6.04 Å². The van der Waals surface area contributed by atoms with Crippen LogP contribution in [0.15, 0.2) is 70.8 Å². The summed E-state index contributed by atoms with van der Waals surface area (Å²) >= 11 is 0. The molecule has 0 saturated carbocycles. The van der Waals surface area contributed by atoms with Gasteiger partial charge in [0.15, 0.2) is 0 Å². The number of hydrogen-bond acceptors (Lipinski definition) is 4. The zero-order chi connectivity index (χ0) is 16.5.